The van der Waals surface area contributed by atoms with Gasteiger partial charge in [-0.3, -0.25) is 0 Å². The Bertz CT molecular complexity index is 500. The molecular formula is C15H19F3N2. The number of hydrogen-bond acceptors (Lipinski definition) is 1. The number of nitrogens with two attached hydrogens (primary N) is 1. The average molecular weight is 284 g/mol. The van der Waals surface area contributed by atoms with Crippen LogP contribution in [0.2, 0.25) is 0 Å². The summed E-state index contributed by atoms with van der Waals surface area (Å²) in [6.07, 6.45) is 1.04. The van der Waals surface area contributed by atoms with Crippen LogP contribution in [0.5, 0.6) is 0 Å². The Labute approximate surface area is 116 Å². The number of rotatable bonds is 2. The molecule has 0 heterocycles. The first-order chi connectivity index (χ1) is 9.38. The quantitative estimate of drug-likeness (QED) is 0.626. The zero-order valence-corrected chi connectivity index (χ0v) is 11.5. The maximum absolute atomic E-state index is 12.8. The van der Waals surface area contributed by atoms with Crippen LogP contribution in [0.3, 0.4) is 0 Å². The van der Waals surface area contributed by atoms with Gasteiger partial charge >= 0.3 is 6.18 Å². The lowest BCUT2D eigenvalue weighted by Crippen LogP contribution is -2.25. The van der Waals surface area contributed by atoms with Gasteiger partial charge in [0.2, 0.25) is 0 Å². The molecule has 0 aromatic heterocycles. The van der Waals surface area contributed by atoms with E-state index in [0.717, 1.165) is 31.7 Å². The van der Waals surface area contributed by atoms with Gasteiger partial charge < -0.3 is 5.73 Å². The number of hydrogen-bond donors (Lipinski definition) is 1. The molecule has 1 aliphatic rings. The third kappa shape index (κ3) is 3.52. The van der Waals surface area contributed by atoms with Crippen molar-refractivity contribution in [2.45, 2.75) is 45.2 Å². The number of aryl methyl sites for hydroxylation is 1. The Morgan fingerprint density at radius 3 is 2.45 bits per heavy atom. The fourth-order valence-electron chi connectivity index (χ4n) is 2.62. The second kappa shape index (κ2) is 5.85. The second-order valence-corrected chi connectivity index (χ2v) is 5.37. The number of nitrogens with zero attached hydrogens (tertiary/aromatic N) is 1. The largest absolute Gasteiger partial charge is 0.416 e. The van der Waals surface area contributed by atoms with E-state index in [-0.39, 0.29) is 17.2 Å². The van der Waals surface area contributed by atoms with Gasteiger partial charge in [0.25, 0.3) is 0 Å². The molecule has 0 atom stereocenters. The van der Waals surface area contributed by atoms with E-state index in [4.69, 9.17) is 5.73 Å². The molecule has 0 spiro atoms. The van der Waals surface area contributed by atoms with Crippen LogP contribution in [-0.4, -0.2) is 5.84 Å². The van der Waals surface area contributed by atoms with E-state index in [2.05, 4.69) is 4.99 Å². The summed E-state index contributed by atoms with van der Waals surface area (Å²) in [5, 5.41) is 0. The van der Waals surface area contributed by atoms with E-state index >= 15 is 0 Å². The fraction of sp³-hybridized carbons (Fsp3) is 0.533. The number of halogens is 3. The molecule has 1 aromatic rings. The van der Waals surface area contributed by atoms with Gasteiger partial charge in [-0.2, -0.15) is 13.2 Å². The van der Waals surface area contributed by atoms with Crippen molar-refractivity contribution in [2.24, 2.45) is 16.6 Å². The molecule has 0 unspecified atom stereocenters. The van der Waals surface area contributed by atoms with E-state index in [1.807, 2.05) is 0 Å². The van der Waals surface area contributed by atoms with Crippen molar-refractivity contribution >= 4 is 11.5 Å². The highest BCUT2D eigenvalue weighted by Gasteiger charge is 2.32. The van der Waals surface area contributed by atoms with Crippen LogP contribution in [0.4, 0.5) is 18.9 Å². The minimum absolute atomic E-state index is 0.202. The highest BCUT2D eigenvalue weighted by Crippen LogP contribution is 2.34. The molecule has 0 amide bonds. The lowest BCUT2D eigenvalue weighted by atomic mass is 9.88. The highest BCUT2D eigenvalue weighted by atomic mass is 19.4. The van der Waals surface area contributed by atoms with Crippen molar-refractivity contribution in [3.63, 3.8) is 0 Å². The molecule has 0 saturated heterocycles. The molecule has 5 heteroatoms. The van der Waals surface area contributed by atoms with Gasteiger partial charge in [-0.05, 0) is 37.5 Å². The molecule has 2 N–H and O–H groups in total. The summed E-state index contributed by atoms with van der Waals surface area (Å²) in [4.78, 5) is 4.19. The van der Waals surface area contributed by atoms with Crippen LogP contribution >= 0.6 is 0 Å². The molecule has 1 aliphatic carbocycles. The normalized spacial score (nSPS) is 18.3. The van der Waals surface area contributed by atoms with Crippen LogP contribution in [0.15, 0.2) is 23.2 Å². The van der Waals surface area contributed by atoms with E-state index in [9.17, 15) is 13.2 Å². The van der Waals surface area contributed by atoms with E-state index in [1.165, 1.54) is 19.4 Å². The minimum atomic E-state index is -4.35. The molecule has 2 nitrogen and oxygen atoms in total. The van der Waals surface area contributed by atoms with Crippen LogP contribution in [0.25, 0.3) is 0 Å². The Kier molecular flexibility index (Phi) is 4.35. The smallest absolute Gasteiger partial charge is 0.387 e. The Morgan fingerprint density at radius 1 is 1.20 bits per heavy atom. The third-order valence-corrected chi connectivity index (χ3v) is 3.81. The molecule has 0 aliphatic heterocycles. The van der Waals surface area contributed by atoms with Crippen LogP contribution in [-0.2, 0) is 6.18 Å². The summed E-state index contributed by atoms with van der Waals surface area (Å²) in [6, 6.07) is 4.10. The van der Waals surface area contributed by atoms with Crippen molar-refractivity contribution in [3.05, 3.63) is 29.3 Å². The number of amidine groups is 1. The van der Waals surface area contributed by atoms with Crippen molar-refractivity contribution in [1.29, 1.82) is 0 Å². The predicted molar refractivity (Wildman–Crippen MR) is 74.0 cm³/mol. The lowest BCUT2D eigenvalue weighted by Gasteiger charge is -2.21. The zero-order chi connectivity index (χ0) is 14.8. The number of benzene rings is 1. The van der Waals surface area contributed by atoms with Crippen molar-refractivity contribution in [2.75, 3.05) is 0 Å². The van der Waals surface area contributed by atoms with Crippen molar-refractivity contribution < 1.29 is 13.2 Å². The van der Waals surface area contributed by atoms with Crippen LogP contribution in [0, 0.1) is 12.8 Å². The Balaban J connectivity index is 2.24. The standard InChI is InChI=1S/C15H19F3N2/c1-10-7-8-12(9-13(10)15(16,17)18)20-14(19)11-5-3-2-4-6-11/h7-9,11H,2-6H2,1H3,(H2,19,20). The molecule has 0 bridgehead atoms. The summed E-state index contributed by atoms with van der Waals surface area (Å²) < 4.78 is 38.5. The molecule has 1 saturated carbocycles. The van der Waals surface area contributed by atoms with Gasteiger partial charge in [0, 0.05) is 5.92 Å². The fourth-order valence-corrected chi connectivity index (χ4v) is 2.62. The maximum atomic E-state index is 12.8. The van der Waals surface area contributed by atoms with Gasteiger partial charge in [0.1, 0.15) is 5.84 Å². The molecule has 1 aromatic carbocycles. The third-order valence-electron chi connectivity index (χ3n) is 3.81. The van der Waals surface area contributed by atoms with E-state index in [1.54, 1.807) is 6.07 Å². The van der Waals surface area contributed by atoms with Crippen molar-refractivity contribution in [3.8, 4) is 0 Å². The summed E-state index contributed by atoms with van der Waals surface area (Å²) >= 11 is 0. The molecule has 0 radical (unpaired) electrons. The second-order valence-electron chi connectivity index (χ2n) is 5.37. The van der Waals surface area contributed by atoms with Gasteiger partial charge in [0.05, 0.1) is 11.3 Å². The Morgan fingerprint density at radius 2 is 1.85 bits per heavy atom. The van der Waals surface area contributed by atoms with Crippen molar-refractivity contribution in [1.82, 2.24) is 0 Å². The summed E-state index contributed by atoms with van der Waals surface area (Å²) in [6.45, 7) is 1.45. The lowest BCUT2D eigenvalue weighted by molar-refractivity contribution is -0.138. The van der Waals surface area contributed by atoms with Crippen LogP contribution in [0.1, 0.15) is 43.2 Å². The van der Waals surface area contributed by atoms with E-state index < -0.39 is 11.7 Å². The molecule has 2 rings (SSSR count). The maximum Gasteiger partial charge on any atom is 0.416 e. The molecular weight excluding hydrogens is 265 g/mol. The average Bonchev–Trinajstić information content (AvgIpc) is 2.40. The molecule has 20 heavy (non-hydrogen) atoms. The first kappa shape index (κ1) is 14.9. The van der Waals surface area contributed by atoms with Gasteiger partial charge in [-0.25, -0.2) is 4.99 Å². The van der Waals surface area contributed by atoms with Gasteiger partial charge in [-0.1, -0.05) is 25.3 Å². The zero-order valence-electron chi connectivity index (χ0n) is 11.5. The molecule has 1 fully saturated rings. The first-order valence-corrected chi connectivity index (χ1v) is 6.90. The number of aliphatic imine (C=N–C) groups is 1. The summed E-state index contributed by atoms with van der Waals surface area (Å²) in [5.41, 5.74) is 5.79. The van der Waals surface area contributed by atoms with E-state index in [0.29, 0.717) is 5.84 Å². The highest BCUT2D eigenvalue weighted by molar-refractivity contribution is 5.85. The topological polar surface area (TPSA) is 38.4 Å². The Hall–Kier alpha value is -1.52. The summed E-state index contributed by atoms with van der Waals surface area (Å²) in [5.74, 6) is 0.668. The molecule has 110 valence electrons. The SMILES string of the molecule is Cc1ccc(N=C(N)C2CCCCC2)cc1C(F)(F)F. The first-order valence-electron chi connectivity index (χ1n) is 6.90. The van der Waals surface area contributed by atoms with Gasteiger partial charge in [0.15, 0.2) is 0 Å². The number of alkyl halides is 3. The van der Waals surface area contributed by atoms with Gasteiger partial charge in [-0.15, -0.1) is 0 Å². The summed E-state index contributed by atoms with van der Waals surface area (Å²) in [7, 11) is 0. The monoisotopic (exact) mass is 284 g/mol. The predicted octanol–water partition coefficient (Wildman–Crippen LogP) is 4.58. The minimum Gasteiger partial charge on any atom is -0.387 e. The van der Waals surface area contributed by atoms with Crippen LogP contribution < -0.4 is 5.73 Å².